The van der Waals surface area contributed by atoms with E-state index >= 15 is 0 Å². The molecule has 0 radical (unpaired) electrons. The van der Waals surface area contributed by atoms with E-state index in [1.807, 2.05) is 4.90 Å². The van der Waals surface area contributed by atoms with Gasteiger partial charge in [0.1, 0.15) is 0 Å². The predicted octanol–water partition coefficient (Wildman–Crippen LogP) is 1.91. The molecule has 2 heterocycles. The Morgan fingerprint density at radius 2 is 2.05 bits per heavy atom. The third kappa shape index (κ3) is 4.32. The average molecular weight is 306 g/mol. The van der Waals surface area contributed by atoms with Gasteiger partial charge in [-0.25, -0.2) is 0 Å². The molecule has 124 valence electrons. The first kappa shape index (κ1) is 17.0. The van der Waals surface area contributed by atoms with Crippen LogP contribution < -0.4 is 5.32 Å². The molecule has 0 unspecified atom stereocenters. The second-order valence-corrected chi connectivity index (χ2v) is 6.71. The van der Waals surface area contributed by atoms with Crippen molar-refractivity contribution in [1.29, 1.82) is 0 Å². The van der Waals surface area contributed by atoms with E-state index in [1.165, 1.54) is 11.3 Å². The quantitative estimate of drug-likeness (QED) is 0.904. The molecule has 1 amide bonds. The van der Waals surface area contributed by atoms with Crippen molar-refractivity contribution in [3.63, 3.8) is 0 Å². The van der Waals surface area contributed by atoms with Gasteiger partial charge in [-0.2, -0.15) is 5.10 Å². The molecule has 0 atom stereocenters. The minimum Gasteiger partial charge on any atom is -0.341 e. The van der Waals surface area contributed by atoms with Gasteiger partial charge in [-0.1, -0.05) is 13.8 Å². The number of aryl methyl sites for hydroxylation is 1. The molecule has 1 aliphatic heterocycles. The van der Waals surface area contributed by atoms with Gasteiger partial charge in [0.25, 0.3) is 0 Å². The minimum absolute atomic E-state index is 0.277. The molecule has 1 saturated heterocycles. The van der Waals surface area contributed by atoms with E-state index in [4.69, 9.17) is 0 Å². The summed E-state index contributed by atoms with van der Waals surface area (Å²) in [6, 6.07) is 0. The summed E-state index contributed by atoms with van der Waals surface area (Å²) >= 11 is 0. The zero-order valence-corrected chi connectivity index (χ0v) is 14.5. The van der Waals surface area contributed by atoms with E-state index in [1.54, 1.807) is 0 Å². The number of carbonyl (C=O) groups is 1. The first-order chi connectivity index (χ1) is 10.5. The summed E-state index contributed by atoms with van der Waals surface area (Å²) in [4.78, 5) is 14.4. The summed E-state index contributed by atoms with van der Waals surface area (Å²) in [5.41, 5.74) is 3.54. The summed E-state index contributed by atoms with van der Waals surface area (Å²) < 4.78 is 2.09. The first-order valence-electron chi connectivity index (χ1n) is 8.50. The van der Waals surface area contributed by atoms with Crippen LogP contribution in [0.1, 0.15) is 43.6 Å². The minimum atomic E-state index is 0.277. The van der Waals surface area contributed by atoms with Crippen molar-refractivity contribution >= 4 is 5.91 Å². The maximum absolute atomic E-state index is 12.4. The van der Waals surface area contributed by atoms with Crippen molar-refractivity contribution in [2.75, 3.05) is 26.2 Å². The molecule has 2 rings (SSSR count). The molecule has 5 heteroatoms. The lowest BCUT2D eigenvalue weighted by Crippen LogP contribution is -2.34. The van der Waals surface area contributed by atoms with Gasteiger partial charge in [-0.3, -0.25) is 9.48 Å². The molecule has 0 bridgehead atoms. The predicted molar refractivity (Wildman–Crippen MR) is 88.9 cm³/mol. The number of carbonyl (C=O) groups excluding carboxylic acids is 1. The van der Waals surface area contributed by atoms with Gasteiger partial charge in [0, 0.05) is 38.3 Å². The monoisotopic (exact) mass is 306 g/mol. The summed E-state index contributed by atoms with van der Waals surface area (Å²) in [5, 5.41) is 7.98. The first-order valence-corrected chi connectivity index (χ1v) is 8.50. The Morgan fingerprint density at radius 1 is 1.27 bits per heavy atom. The number of nitrogens with one attached hydrogen (secondary N) is 1. The fourth-order valence-corrected chi connectivity index (χ4v) is 3.10. The highest BCUT2D eigenvalue weighted by Crippen LogP contribution is 2.17. The Bertz CT molecular complexity index is 499. The number of nitrogens with zero attached hydrogens (tertiary/aromatic N) is 3. The van der Waals surface area contributed by atoms with Gasteiger partial charge in [0.2, 0.25) is 5.91 Å². The zero-order chi connectivity index (χ0) is 16.1. The van der Waals surface area contributed by atoms with Crippen LogP contribution in [0.3, 0.4) is 0 Å². The van der Waals surface area contributed by atoms with Gasteiger partial charge >= 0.3 is 0 Å². The molecule has 22 heavy (non-hydrogen) atoms. The van der Waals surface area contributed by atoms with E-state index in [0.717, 1.165) is 51.3 Å². The molecule has 0 aromatic carbocycles. The fourth-order valence-electron chi connectivity index (χ4n) is 3.10. The van der Waals surface area contributed by atoms with Crippen LogP contribution in [0.25, 0.3) is 0 Å². The Hall–Kier alpha value is -1.36. The second kappa shape index (κ2) is 7.77. The van der Waals surface area contributed by atoms with Crippen molar-refractivity contribution in [3.8, 4) is 0 Å². The van der Waals surface area contributed by atoms with Gasteiger partial charge < -0.3 is 10.2 Å². The van der Waals surface area contributed by atoms with E-state index in [-0.39, 0.29) is 5.91 Å². The van der Waals surface area contributed by atoms with E-state index in [2.05, 4.69) is 42.8 Å². The lowest BCUT2D eigenvalue weighted by Gasteiger charge is -2.19. The van der Waals surface area contributed by atoms with Crippen LogP contribution in [-0.2, 0) is 17.8 Å². The highest BCUT2D eigenvalue weighted by Gasteiger charge is 2.18. The van der Waals surface area contributed by atoms with Crippen molar-refractivity contribution in [2.45, 2.75) is 53.5 Å². The molecule has 1 fully saturated rings. The largest absolute Gasteiger partial charge is 0.341 e. The van der Waals surface area contributed by atoms with E-state index in [9.17, 15) is 4.79 Å². The van der Waals surface area contributed by atoms with Crippen LogP contribution >= 0.6 is 0 Å². The van der Waals surface area contributed by atoms with Crippen molar-refractivity contribution < 1.29 is 4.79 Å². The maximum atomic E-state index is 12.4. The SMILES string of the molecule is Cc1nn(CC(C)C)c(C)c1CCC(=O)N1CCCNCC1. The Morgan fingerprint density at radius 3 is 2.77 bits per heavy atom. The number of rotatable bonds is 5. The number of aromatic nitrogens is 2. The number of amides is 1. The molecule has 0 spiro atoms. The normalized spacial score (nSPS) is 16.1. The molecular weight excluding hydrogens is 276 g/mol. The maximum Gasteiger partial charge on any atom is 0.222 e. The van der Waals surface area contributed by atoms with Gasteiger partial charge in [0.05, 0.1) is 5.69 Å². The number of hydrogen-bond donors (Lipinski definition) is 1. The van der Waals surface area contributed by atoms with Crippen LogP contribution in [0, 0.1) is 19.8 Å². The Balaban J connectivity index is 1.95. The molecule has 1 N–H and O–H groups in total. The highest BCUT2D eigenvalue weighted by atomic mass is 16.2. The molecule has 1 aliphatic rings. The molecule has 1 aromatic heterocycles. The second-order valence-electron chi connectivity index (χ2n) is 6.71. The molecule has 0 saturated carbocycles. The van der Waals surface area contributed by atoms with E-state index in [0.29, 0.717) is 12.3 Å². The third-order valence-corrected chi connectivity index (χ3v) is 4.35. The lowest BCUT2D eigenvalue weighted by molar-refractivity contribution is -0.130. The van der Waals surface area contributed by atoms with Crippen LogP contribution in [0.4, 0.5) is 0 Å². The van der Waals surface area contributed by atoms with Crippen LogP contribution in [0.2, 0.25) is 0 Å². The molecular formula is C17H30N4O. The van der Waals surface area contributed by atoms with Crippen molar-refractivity contribution in [3.05, 3.63) is 17.0 Å². The van der Waals surface area contributed by atoms with Gasteiger partial charge in [-0.15, -0.1) is 0 Å². The van der Waals surface area contributed by atoms with Crippen LogP contribution in [-0.4, -0.2) is 46.8 Å². The molecule has 0 aliphatic carbocycles. The fraction of sp³-hybridized carbons (Fsp3) is 0.765. The Kier molecular flexibility index (Phi) is 6.00. The lowest BCUT2D eigenvalue weighted by atomic mass is 10.1. The highest BCUT2D eigenvalue weighted by molar-refractivity contribution is 5.76. The Labute approximate surface area is 134 Å². The summed E-state index contributed by atoms with van der Waals surface area (Å²) in [7, 11) is 0. The summed E-state index contributed by atoms with van der Waals surface area (Å²) in [6.45, 7) is 13.2. The number of hydrogen-bond acceptors (Lipinski definition) is 3. The summed E-state index contributed by atoms with van der Waals surface area (Å²) in [6.07, 6.45) is 2.45. The standard InChI is InChI=1S/C17H30N4O/c1-13(2)12-21-15(4)16(14(3)19-21)6-7-17(22)20-10-5-8-18-9-11-20/h13,18H,5-12H2,1-4H3. The molecule has 5 nitrogen and oxygen atoms in total. The van der Waals surface area contributed by atoms with Gasteiger partial charge in [-0.05, 0) is 44.7 Å². The third-order valence-electron chi connectivity index (χ3n) is 4.35. The smallest absolute Gasteiger partial charge is 0.222 e. The van der Waals surface area contributed by atoms with Crippen LogP contribution in [0.5, 0.6) is 0 Å². The zero-order valence-electron chi connectivity index (χ0n) is 14.5. The van der Waals surface area contributed by atoms with Crippen LogP contribution in [0.15, 0.2) is 0 Å². The summed E-state index contributed by atoms with van der Waals surface area (Å²) in [5.74, 6) is 0.858. The van der Waals surface area contributed by atoms with E-state index < -0.39 is 0 Å². The topological polar surface area (TPSA) is 50.2 Å². The molecule has 1 aromatic rings. The van der Waals surface area contributed by atoms with Gasteiger partial charge in [0.15, 0.2) is 0 Å². The average Bonchev–Trinajstić information content (AvgIpc) is 2.67. The van der Waals surface area contributed by atoms with Crippen molar-refractivity contribution in [1.82, 2.24) is 20.0 Å². The van der Waals surface area contributed by atoms with Crippen molar-refractivity contribution in [2.24, 2.45) is 5.92 Å².